The van der Waals surface area contributed by atoms with Gasteiger partial charge in [-0.25, -0.2) is 4.39 Å². The quantitative estimate of drug-likeness (QED) is 0.682. The van der Waals surface area contributed by atoms with Crippen molar-refractivity contribution in [3.63, 3.8) is 0 Å². The number of esters is 1. The fourth-order valence-electron chi connectivity index (χ4n) is 2.26. The third-order valence-corrected chi connectivity index (χ3v) is 3.66. The first-order valence-electron chi connectivity index (χ1n) is 5.79. The molecule has 1 fully saturated rings. The van der Waals surface area contributed by atoms with Gasteiger partial charge in [-0.15, -0.1) is 0 Å². The fraction of sp³-hybridized carbons (Fsp3) is 0.385. The van der Waals surface area contributed by atoms with E-state index in [2.05, 4.69) is 0 Å². The Kier molecular flexibility index (Phi) is 3.49. The molecule has 2 atom stereocenters. The molecule has 0 aromatic heterocycles. The Labute approximate surface area is 114 Å². The predicted octanol–water partition coefficient (Wildman–Crippen LogP) is 2.60. The van der Waals surface area contributed by atoms with Crippen molar-refractivity contribution in [2.24, 2.45) is 5.41 Å². The first-order valence-corrected chi connectivity index (χ1v) is 6.17. The van der Waals surface area contributed by atoms with Crippen LogP contribution in [0.15, 0.2) is 18.2 Å². The second kappa shape index (κ2) is 4.81. The van der Waals surface area contributed by atoms with Gasteiger partial charge >= 0.3 is 11.9 Å². The van der Waals surface area contributed by atoms with Crippen molar-refractivity contribution < 1.29 is 23.8 Å². The number of hydrogen-bond donors (Lipinski definition) is 1. The zero-order valence-corrected chi connectivity index (χ0v) is 10.9. The van der Waals surface area contributed by atoms with Gasteiger partial charge in [0.2, 0.25) is 0 Å². The van der Waals surface area contributed by atoms with Crippen molar-refractivity contribution in [1.29, 1.82) is 0 Å². The van der Waals surface area contributed by atoms with Crippen LogP contribution in [0.2, 0.25) is 5.02 Å². The number of ether oxygens (including phenoxy) is 1. The molecular formula is C13H12ClFO4. The van der Waals surface area contributed by atoms with Crippen molar-refractivity contribution in [3.05, 3.63) is 34.6 Å². The lowest BCUT2D eigenvalue weighted by molar-refractivity contribution is -0.161. The highest BCUT2D eigenvalue weighted by molar-refractivity contribution is 6.31. The molecule has 1 saturated carbocycles. The molecule has 0 aliphatic heterocycles. The molecule has 0 bridgehead atoms. The monoisotopic (exact) mass is 286 g/mol. The van der Waals surface area contributed by atoms with Crippen molar-refractivity contribution in [1.82, 2.24) is 0 Å². The summed E-state index contributed by atoms with van der Waals surface area (Å²) < 4.78 is 18.5. The van der Waals surface area contributed by atoms with E-state index in [0.717, 1.165) is 0 Å². The summed E-state index contributed by atoms with van der Waals surface area (Å²) in [6.07, 6.45) is 0.00181. The van der Waals surface area contributed by atoms with Crippen molar-refractivity contribution in [2.45, 2.75) is 19.3 Å². The molecule has 4 nitrogen and oxygen atoms in total. The van der Waals surface area contributed by atoms with Gasteiger partial charge in [0.25, 0.3) is 0 Å². The van der Waals surface area contributed by atoms with Gasteiger partial charge in [-0.2, -0.15) is 0 Å². The van der Waals surface area contributed by atoms with Crippen molar-refractivity contribution in [2.75, 3.05) is 6.61 Å². The second-order valence-electron chi connectivity index (χ2n) is 4.39. The third kappa shape index (κ3) is 2.08. The maximum absolute atomic E-state index is 13.8. The van der Waals surface area contributed by atoms with Gasteiger partial charge in [-0.1, -0.05) is 17.7 Å². The Morgan fingerprint density at radius 1 is 1.58 bits per heavy atom. The molecule has 2 rings (SSSR count). The first-order chi connectivity index (χ1) is 8.95. The SMILES string of the molecule is CCOC(=O)C1(C(=O)O)CC1c1c(F)cccc1Cl. The van der Waals surface area contributed by atoms with E-state index in [9.17, 15) is 19.1 Å². The second-order valence-corrected chi connectivity index (χ2v) is 4.80. The molecule has 0 heterocycles. The first kappa shape index (κ1) is 13.8. The molecule has 102 valence electrons. The van der Waals surface area contributed by atoms with Crippen LogP contribution in [0.25, 0.3) is 0 Å². The lowest BCUT2D eigenvalue weighted by Crippen LogP contribution is -2.29. The molecule has 0 spiro atoms. The maximum Gasteiger partial charge on any atom is 0.324 e. The van der Waals surface area contributed by atoms with Crippen LogP contribution in [-0.2, 0) is 14.3 Å². The standard InChI is InChI=1S/C13H12ClFO4/c1-2-19-12(18)13(11(16)17)6-7(13)10-8(14)4-3-5-9(10)15/h3-5,7H,2,6H2,1H3,(H,16,17). The minimum atomic E-state index is -1.71. The van der Waals surface area contributed by atoms with E-state index in [1.165, 1.54) is 18.2 Å². The summed E-state index contributed by atoms with van der Waals surface area (Å²) in [6, 6.07) is 4.09. The molecule has 1 N–H and O–H groups in total. The minimum absolute atomic E-state index is 0.00181. The topological polar surface area (TPSA) is 63.6 Å². The summed E-state index contributed by atoms with van der Waals surface area (Å²) in [5.74, 6) is -3.54. The largest absolute Gasteiger partial charge is 0.480 e. The number of aliphatic carboxylic acids is 1. The van der Waals surface area contributed by atoms with Gasteiger partial charge in [0.15, 0.2) is 5.41 Å². The van der Waals surface area contributed by atoms with Crippen LogP contribution in [-0.4, -0.2) is 23.7 Å². The Bertz CT molecular complexity index is 525. The Hall–Kier alpha value is -1.62. The summed E-state index contributed by atoms with van der Waals surface area (Å²) >= 11 is 5.89. The summed E-state index contributed by atoms with van der Waals surface area (Å²) in [6.45, 7) is 1.66. The average Bonchev–Trinajstić information content (AvgIpc) is 3.05. The molecule has 0 saturated heterocycles. The van der Waals surface area contributed by atoms with E-state index in [4.69, 9.17) is 16.3 Å². The van der Waals surface area contributed by atoms with Crippen LogP contribution >= 0.6 is 11.6 Å². The Balaban J connectivity index is 2.39. The number of halogens is 2. The smallest absolute Gasteiger partial charge is 0.324 e. The van der Waals surface area contributed by atoms with E-state index in [1.807, 2.05) is 0 Å². The zero-order valence-electron chi connectivity index (χ0n) is 10.2. The molecule has 2 unspecified atom stereocenters. The van der Waals surface area contributed by atoms with Crippen LogP contribution in [0.3, 0.4) is 0 Å². The fourth-order valence-corrected chi connectivity index (χ4v) is 2.56. The Morgan fingerprint density at radius 2 is 2.26 bits per heavy atom. The lowest BCUT2D eigenvalue weighted by Gasteiger charge is -2.12. The molecule has 6 heteroatoms. The molecule has 0 radical (unpaired) electrons. The molecular weight excluding hydrogens is 275 g/mol. The van der Waals surface area contributed by atoms with Crippen LogP contribution in [0.1, 0.15) is 24.8 Å². The number of hydrogen-bond acceptors (Lipinski definition) is 3. The summed E-state index contributed by atoms with van der Waals surface area (Å²) in [5.41, 5.74) is -1.64. The number of benzene rings is 1. The zero-order chi connectivity index (χ0) is 14.2. The average molecular weight is 287 g/mol. The summed E-state index contributed by atoms with van der Waals surface area (Å²) in [5, 5.41) is 9.37. The lowest BCUT2D eigenvalue weighted by atomic mass is 9.99. The van der Waals surface area contributed by atoms with Gasteiger partial charge < -0.3 is 9.84 Å². The maximum atomic E-state index is 13.8. The number of carbonyl (C=O) groups is 2. The minimum Gasteiger partial charge on any atom is -0.480 e. The molecule has 19 heavy (non-hydrogen) atoms. The van der Waals surface area contributed by atoms with Gasteiger partial charge in [-0.3, -0.25) is 9.59 Å². The molecule has 1 aliphatic rings. The van der Waals surface area contributed by atoms with E-state index in [-0.39, 0.29) is 23.6 Å². The normalized spacial score (nSPS) is 24.9. The third-order valence-electron chi connectivity index (χ3n) is 3.33. The van der Waals surface area contributed by atoms with Crippen LogP contribution in [0, 0.1) is 11.2 Å². The van der Waals surface area contributed by atoms with Crippen molar-refractivity contribution in [3.8, 4) is 0 Å². The highest BCUT2D eigenvalue weighted by atomic mass is 35.5. The van der Waals surface area contributed by atoms with Crippen molar-refractivity contribution >= 4 is 23.5 Å². The highest BCUT2D eigenvalue weighted by Gasteiger charge is 2.69. The van der Waals surface area contributed by atoms with Crippen LogP contribution in [0.4, 0.5) is 4.39 Å². The molecule has 0 amide bonds. The number of carboxylic acids is 1. The molecule has 1 aromatic rings. The predicted molar refractivity (Wildman–Crippen MR) is 65.5 cm³/mol. The highest BCUT2D eigenvalue weighted by Crippen LogP contribution is 2.61. The molecule has 1 aromatic carbocycles. The van der Waals surface area contributed by atoms with E-state index in [0.29, 0.717) is 0 Å². The van der Waals surface area contributed by atoms with Crippen LogP contribution in [0.5, 0.6) is 0 Å². The van der Waals surface area contributed by atoms with Gasteiger partial charge in [0.1, 0.15) is 5.82 Å². The van der Waals surface area contributed by atoms with E-state index >= 15 is 0 Å². The summed E-state index contributed by atoms with van der Waals surface area (Å²) in [4.78, 5) is 23.1. The van der Waals surface area contributed by atoms with Crippen LogP contribution < -0.4 is 0 Å². The molecule has 1 aliphatic carbocycles. The van der Waals surface area contributed by atoms with Gasteiger partial charge in [0, 0.05) is 16.5 Å². The van der Waals surface area contributed by atoms with Gasteiger partial charge in [-0.05, 0) is 25.5 Å². The number of carbonyl (C=O) groups excluding carboxylic acids is 1. The Morgan fingerprint density at radius 3 is 2.79 bits per heavy atom. The number of carboxylic acid groups (broad SMARTS) is 1. The number of rotatable bonds is 4. The van der Waals surface area contributed by atoms with E-state index < -0.39 is 29.1 Å². The summed E-state index contributed by atoms with van der Waals surface area (Å²) in [7, 11) is 0. The van der Waals surface area contributed by atoms with E-state index in [1.54, 1.807) is 6.92 Å². The van der Waals surface area contributed by atoms with Gasteiger partial charge in [0.05, 0.1) is 6.61 Å².